The van der Waals surface area contributed by atoms with Crippen molar-refractivity contribution < 1.29 is 13.6 Å². The molecule has 0 aromatic heterocycles. The number of amides is 1. The molecule has 1 aromatic carbocycles. The summed E-state index contributed by atoms with van der Waals surface area (Å²) >= 11 is 0. The molecule has 3 nitrogen and oxygen atoms in total. The molecule has 0 aliphatic rings. The number of nitrogens with one attached hydrogen (secondary N) is 1. The summed E-state index contributed by atoms with van der Waals surface area (Å²) < 4.78 is 26.1. The molecule has 20 heavy (non-hydrogen) atoms. The van der Waals surface area contributed by atoms with Gasteiger partial charge in [0.15, 0.2) is 11.6 Å². The molecule has 1 amide bonds. The van der Waals surface area contributed by atoms with E-state index in [-0.39, 0.29) is 12.5 Å². The van der Waals surface area contributed by atoms with Crippen molar-refractivity contribution in [2.24, 2.45) is 0 Å². The largest absolute Gasteiger partial charge is 0.337 e. The summed E-state index contributed by atoms with van der Waals surface area (Å²) in [6.45, 7) is 8.87. The van der Waals surface area contributed by atoms with Crippen LogP contribution in [0.5, 0.6) is 0 Å². The first-order valence-electron chi connectivity index (χ1n) is 6.80. The number of nitrogens with zero attached hydrogens (tertiary/aromatic N) is 1. The number of carbonyl (C=O) groups excluding carboxylic acids is 1. The van der Waals surface area contributed by atoms with E-state index in [4.69, 9.17) is 0 Å². The molecule has 0 aliphatic heterocycles. The highest BCUT2D eigenvalue weighted by atomic mass is 19.2. The lowest BCUT2D eigenvalue weighted by Crippen LogP contribution is -2.53. The van der Waals surface area contributed by atoms with Crippen LogP contribution in [0.2, 0.25) is 0 Å². The Morgan fingerprint density at radius 2 is 1.90 bits per heavy atom. The van der Waals surface area contributed by atoms with Gasteiger partial charge in [-0.15, -0.1) is 0 Å². The Bertz CT molecular complexity index is 475. The Hall–Kier alpha value is -1.49. The third-order valence-corrected chi connectivity index (χ3v) is 3.18. The minimum Gasteiger partial charge on any atom is -0.337 e. The van der Waals surface area contributed by atoms with Gasteiger partial charge in [-0.05, 0) is 45.0 Å². The third-order valence-electron chi connectivity index (χ3n) is 3.18. The minimum absolute atomic E-state index is 0.0633. The smallest absolute Gasteiger partial charge is 0.242 e. The molecule has 5 heteroatoms. The molecule has 0 aliphatic carbocycles. The van der Waals surface area contributed by atoms with Crippen LogP contribution in [0.4, 0.5) is 8.78 Å². The van der Waals surface area contributed by atoms with Gasteiger partial charge in [-0.2, -0.15) is 0 Å². The van der Waals surface area contributed by atoms with Crippen LogP contribution < -0.4 is 5.32 Å². The van der Waals surface area contributed by atoms with Gasteiger partial charge in [-0.1, -0.05) is 13.0 Å². The second-order valence-corrected chi connectivity index (χ2v) is 5.22. The number of carbonyl (C=O) groups is 1. The minimum atomic E-state index is -0.892. The summed E-state index contributed by atoms with van der Waals surface area (Å²) in [7, 11) is 0. The Kier molecular flexibility index (Phi) is 5.62. The van der Waals surface area contributed by atoms with E-state index in [2.05, 4.69) is 5.32 Å². The SMILES string of the molecule is CCNC(C)(C)C(=O)N(CC)Cc1ccc(F)c(F)c1. The topological polar surface area (TPSA) is 32.3 Å². The first-order valence-corrected chi connectivity index (χ1v) is 6.80. The van der Waals surface area contributed by atoms with Gasteiger partial charge in [0.2, 0.25) is 5.91 Å². The summed E-state index contributed by atoms with van der Waals surface area (Å²) in [5.41, 5.74) is -0.102. The van der Waals surface area contributed by atoms with Gasteiger partial charge in [0.25, 0.3) is 0 Å². The number of hydrogen-bond acceptors (Lipinski definition) is 2. The maximum Gasteiger partial charge on any atom is 0.242 e. The fourth-order valence-corrected chi connectivity index (χ4v) is 2.10. The second-order valence-electron chi connectivity index (χ2n) is 5.22. The zero-order valence-corrected chi connectivity index (χ0v) is 12.5. The van der Waals surface area contributed by atoms with Crippen LogP contribution in [0.15, 0.2) is 18.2 Å². The predicted octanol–water partition coefficient (Wildman–Crippen LogP) is 2.70. The normalized spacial score (nSPS) is 11.5. The Balaban J connectivity index is 2.86. The molecule has 0 heterocycles. The van der Waals surface area contributed by atoms with E-state index in [1.807, 2.05) is 27.7 Å². The van der Waals surface area contributed by atoms with Gasteiger partial charge in [0, 0.05) is 13.1 Å². The second kappa shape index (κ2) is 6.79. The molecular formula is C15H22F2N2O. The average Bonchev–Trinajstić information content (AvgIpc) is 2.39. The molecule has 1 aromatic rings. The third kappa shape index (κ3) is 4.00. The van der Waals surface area contributed by atoms with Crippen molar-refractivity contribution in [2.75, 3.05) is 13.1 Å². The van der Waals surface area contributed by atoms with E-state index < -0.39 is 17.2 Å². The molecule has 1 N–H and O–H groups in total. The number of benzene rings is 1. The van der Waals surface area contributed by atoms with E-state index in [0.717, 1.165) is 12.1 Å². The van der Waals surface area contributed by atoms with Crippen molar-refractivity contribution in [1.82, 2.24) is 10.2 Å². The molecule has 0 saturated carbocycles. The molecule has 0 fully saturated rings. The maximum atomic E-state index is 13.2. The van der Waals surface area contributed by atoms with Crippen molar-refractivity contribution in [3.05, 3.63) is 35.4 Å². The maximum absolute atomic E-state index is 13.2. The van der Waals surface area contributed by atoms with Gasteiger partial charge in [0.05, 0.1) is 5.54 Å². The number of likely N-dealkylation sites (N-methyl/N-ethyl adjacent to an activating group) is 2. The fraction of sp³-hybridized carbons (Fsp3) is 0.533. The summed E-state index contributed by atoms with van der Waals surface area (Å²) in [6.07, 6.45) is 0. The first kappa shape index (κ1) is 16.6. The van der Waals surface area contributed by atoms with Gasteiger partial charge in [-0.25, -0.2) is 8.78 Å². The fourth-order valence-electron chi connectivity index (χ4n) is 2.10. The van der Waals surface area contributed by atoms with Gasteiger partial charge in [-0.3, -0.25) is 4.79 Å². The number of rotatable bonds is 6. The Morgan fingerprint density at radius 1 is 1.25 bits per heavy atom. The molecule has 0 unspecified atom stereocenters. The van der Waals surface area contributed by atoms with Crippen LogP contribution in [0, 0.1) is 11.6 Å². The van der Waals surface area contributed by atoms with Crippen LogP contribution in [0.1, 0.15) is 33.3 Å². The lowest BCUT2D eigenvalue weighted by molar-refractivity contribution is -0.137. The Morgan fingerprint density at radius 3 is 2.40 bits per heavy atom. The van der Waals surface area contributed by atoms with Crippen LogP contribution in [0.25, 0.3) is 0 Å². The summed E-state index contributed by atoms with van der Waals surface area (Å²) in [4.78, 5) is 14.1. The monoisotopic (exact) mass is 284 g/mol. The zero-order chi connectivity index (χ0) is 15.3. The van der Waals surface area contributed by atoms with Gasteiger partial charge < -0.3 is 10.2 Å². The lowest BCUT2D eigenvalue weighted by Gasteiger charge is -2.32. The van der Waals surface area contributed by atoms with Crippen LogP contribution in [0.3, 0.4) is 0 Å². The van der Waals surface area contributed by atoms with E-state index >= 15 is 0 Å². The lowest BCUT2D eigenvalue weighted by atomic mass is 10.0. The van der Waals surface area contributed by atoms with Crippen molar-refractivity contribution in [3.8, 4) is 0 Å². The van der Waals surface area contributed by atoms with E-state index in [0.29, 0.717) is 18.7 Å². The molecule has 0 radical (unpaired) electrons. The Labute approximate surface area is 119 Å². The van der Waals surface area contributed by atoms with Crippen LogP contribution >= 0.6 is 0 Å². The van der Waals surface area contributed by atoms with Gasteiger partial charge in [0.1, 0.15) is 0 Å². The molecule has 112 valence electrons. The standard InChI is InChI=1S/C15H22F2N2O/c1-5-18-15(3,4)14(20)19(6-2)10-11-7-8-12(16)13(17)9-11/h7-9,18H,5-6,10H2,1-4H3. The number of hydrogen-bond donors (Lipinski definition) is 1. The molecule has 0 bridgehead atoms. The summed E-state index contributed by atoms with van der Waals surface area (Å²) in [6, 6.07) is 3.71. The van der Waals surface area contributed by atoms with Crippen molar-refractivity contribution >= 4 is 5.91 Å². The van der Waals surface area contributed by atoms with Crippen molar-refractivity contribution in [2.45, 2.75) is 39.8 Å². The highest BCUT2D eigenvalue weighted by molar-refractivity contribution is 5.85. The van der Waals surface area contributed by atoms with Crippen LogP contribution in [-0.2, 0) is 11.3 Å². The first-order chi connectivity index (χ1) is 9.31. The number of halogens is 2. The van der Waals surface area contributed by atoms with Gasteiger partial charge >= 0.3 is 0 Å². The molecule has 0 saturated heterocycles. The van der Waals surface area contributed by atoms with Crippen LogP contribution in [-0.4, -0.2) is 29.4 Å². The van der Waals surface area contributed by atoms with Crippen molar-refractivity contribution in [1.29, 1.82) is 0 Å². The van der Waals surface area contributed by atoms with E-state index in [9.17, 15) is 13.6 Å². The highest BCUT2D eigenvalue weighted by Gasteiger charge is 2.30. The summed E-state index contributed by atoms with van der Waals surface area (Å²) in [5, 5.41) is 3.12. The summed E-state index contributed by atoms with van der Waals surface area (Å²) in [5.74, 6) is -1.83. The van der Waals surface area contributed by atoms with Crippen molar-refractivity contribution in [3.63, 3.8) is 0 Å². The van der Waals surface area contributed by atoms with E-state index in [1.54, 1.807) is 4.90 Å². The molecular weight excluding hydrogens is 262 g/mol. The zero-order valence-electron chi connectivity index (χ0n) is 12.5. The predicted molar refractivity (Wildman–Crippen MR) is 75.2 cm³/mol. The average molecular weight is 284 g/mol. The highest BCUT2D eigenvalue weighted by Crippen LogP contribution is 2.14. The molecule has 1 rings (SSSR count). The molecule has 0 spiro atoms. The quantitative estimate of drug-likeness (QED) is 0.871. The van der Waals surface area contributed by atoms with E-state index in [1.165, 1.54) is 6.07 Å². The molecule has 0 atom stereocenters.